The van der Waals surface area contributed by atoms with Gasteiger partial charge in [-0.1, -0.05) is 46.3 Å². The predicted octanol–water partition coefficient (Wildman–Crippen LogP) is 3.87. The number of benzene rings is 2. The van der Waals surface area contributed by atoms with Crippen molar-refractivity contribution in [2.45, 2.75) is 12.5 Å². The second kappa shape index (κ2) is 6.17. The molecule has 2 rings (SSSR count). The van der Waals surface area contributed by atoms with E-state index in [9.17, 15) is 9.50 Å². The molecule has 2 nitrogen and oxygen atoms in total. The Morgan fingerprint density at radius 3 is 2.63 bits per heavy atom. The predicted molar refractivity (Wildman–Crippen MR) is 75.8 cm³/mol. The van der Waals surface area contributed by atoms with Crippen LogP contribution in [-0.2, 0) is 6.42 Å². The Morgan fingerprint density at radius 1 is 1.21 bits per heavy atom. The summed E-state index contributed by atoms with van der Waals surface area (Å²) in [6, 6.07) is 12.3. The Kier molecular flexibility index (Phi) is 4.56. The van der Waals surface area contributed by atoms with Crippen molar-refractivity contribution in [1.29, 1.82) is 0 Å². The van der Waals surface area contributed by atoms with Crippen molar-refractivity contribution in [2.75, 3.05) is 7.11 Å². The first kappa shape index (κ1) is 14.0. The van der Waals surface area contributed by atoms with Crippen LogP contribution in [0.3, 0.4) is 0 Å². The Hall–Kier alpha value is -1.39. The quantitative estimate of drug-likeness (QED) is 0.925. The van der Waals surface area contributed by atoms with Gasteiger partial charge in [-0.05, 0) is 17.7 Å². The van der Waals surface area contributed by atoms with Gasteiger partial charge in [-0.15, -0.1) is 0 Å². The molecular weight excluding hydrogens is 311 g/mol. The van der Waals surface area contributed by atoms with E-state index in [1.807, 2.05) is 24.3 Å². The first-order valence-electron chi connectivity index (χ1n) is 5.87. The van der Waals surface area contributed by atoms with Gasteiger partial charge >= 0.3 is 0 Å². The lowest BCUT2D eigenvalue weighted by molar-refractivity contribution is 0.172. The standard InChI is InChI=1S/C15H14BrFO2/c1-19-14-8-4-6-11(15(14)17)13(18)9-10-5-2-3-7-12(10)16/h2-8,13,18H,9H2,1H3. The van der Waals surface area contributed by atoms with Crippen molar-refractivity contribution in [3.05, 3.63) is 63.9 Å². The lowest BCUT2D eigenvalue weighted by atomic mass is 10.0. The SMILES string of the molecule is COc1cccc(C(O)Cc2ccccc2Br)c1F. The number of hydrogen-bond donors (Lipinski definition) is 1. The van der Waals surface area contributed by atoms with Crippen molar-refractivity contribution in [3.63, 3.8) is 0 Å². The van der Waals surface area contributed by atoms with E-state index in [-0.39, 0.29) is 11.3 Å². The highest BCUT2D eigenvalue weighted by atomic mass is 79.9. The number of aliphatic hydroxyl groups excluding tert-OH is 1. The normalized spacial score (nSPS) is 12.2. The monoisotopic (exact) mass is 324 g/mol. The molecule has 1 N–H and O–H groups in total. The van der Waals surface area contributed by atoms with E-state index < -0.39 is 11.9 Å². The van der Waals surface area contributed by atoms with E-state index in [0.29, 0.717) is 6.42 Å². The summed E-state index contributed by atoms with van der Waals surface area (Å²) in [7, 11) is 1.41. The molecule has 0 saturated carbocycles. The summed E-state index contributed by atoms with van der Waals surface area (Å²) in [4.78, 5) is 0. The minimum absolute atomic E-state index is 0.142. The van der Waals surface area contributed by atoms with Crippen LogP contribution in [0, 0.1) is 5.82 Å². The molecule has 0 aliphatic carbocycles. The number of halogens is 2. The van der Waals surface area contributed by atoms with Gasteiger partial charge in [0.1, 0.15) is 0 Å². The smallest absolute Gasteiger partial charge is 0.170 e. The minimum Gasteiger partial charge on any atom is -0.494 e. The summed E-state index contributed by atoms with van der Waals surface area (Å²) in [5, 5.41) is 10.2. The number of rotatable bonds is 4. The van der Waals surface area contributed by atoms with Crippen LogP contribution in [0.15, 0.2) is 46.9 Å². The molecule has 0 spiro atoms. The molecule has 19 heavy (non-hydrogen) atoms. The number of ether oxygens (including phenoxy) is 1. The van der Waals surface area contributed by atoms with Crippen LogP contribution in [0.25, 0.3) is 0 Å². The maximum absolute atomic E-state index is 14.0. The Labute approximate surface area is 120 Å². The summed E-state index contributed by atoms with van der Waals surface area (Å²) in [6.45, 7) is 0. The van der Waals surface area contributed by atoms with Gasteiger partial charge in [-0.25, -0.2) is 4.39 Å². The molecule has 0 aliphatic rings. The molecule has 0 aliphatic heterocycles. The van der Waals surface area contributed by atoms with Crippen molar-refractivity contribution in [1.82, 2.24) is 0 Å². The number of methoxy groups -OCH3 is 1. The van der Waals surface area contributed by atoms with Crippen LogP contribution in [-0.4, -0.2) is 12.2 Å². The average Bonchev–Trinajstić information content (AvgIpc) is 2.41. The molecule has 0 bridgehead atoms. The van der Waals surface area contributed by atoms with Gasteiger partial charge in [-0.2, -0.15) is 0 Å². The lowest BCUT2D eigenvalue weighted by Gasteiger charge is -2.14. The van der Waals surface area contributed by atoms with Crippen molar-refractivity contribution < 1.29 is 14.2 Å². The zero-order chi connectivity index (χ0) is 13.8. The summed E-state index contributed by atoms with van der Waals surface area (Å²) in [5.41, 5.74) is 1.17. The molecule has 0 aromatic heterocycles. The van der Waals surface area contributed by atoms with E-state index >= 15 is 0 Å². The molecule has 100 valence electrons. The third kappa shape index (κ3) is 3.14. The first-order valence-corrected chi connectivity index (χ1v) is 6.66. The molecule has 1 atom stereocenters. The fourth-order valence-corrected chi connectivity index (χ4v) is 2.37. The van der Waals surface area contributed by atoms with E-state index in [1.165, 1.54) is 13.2 Å². The first-order chi connectivity index (χ1) is 9.13. The largest absolute Gasteiger partial charge is 0.494 e. The molecule has 0 amide bonds. The van der Waals surface area contributed by atoms with Crippen LogP contribution in [0.5, 0.6) is 5.75 Å². The lowest BCUT2D eigenvalue weighted by Crippen LogP contribution is -2.06. The molecule has 0 saturated heterocycles. The number of aliphatic hydroxyl groups is 1. The summed E-state index contributed by atoms with van der Waals surface area (Å²) >= 11 is 3.41. The van der Waals surface area contributed by atoms with Crippen LogP contribution in [0.1, 0.15) is 17.2 Å². The van der Waals surface area contributed by atoms with Gasteiger partial charge in [0.05, 0.1) is 13.2 Å². The molecule has 2 aromatic rings. The third-order valence-corrected chi connectivity index (χ3v) is 3.72. The van der Waals surface area contributed by atoms with E-state index in [1.54, 1.807) is 12.1 Å². The van der Waals surface area contributed by atoms with Crippen molar-refractivity contribution >= 4 is 15.9 Å². The highest BCUT2D eigenvalue weighted by Gasteiger charge is 2.17. The fraction of sp³-hybridized carbons (Fsp3) is 0.200. The maximum Gasteiger partial charge on any atom is 0.170 e. The Balaban J connectivity index is 2.26. The van der Waals surface area contributed by atoms with E-state index in [0.717, 1.165) is 10.0 Å². The highest BCUT2D eigenvalue weighted by Crippen LogP contribution is 2.28. The zero-order valence-electron chi connectivity index (χ0n) is 10.4. The average molecular weight is 325 g/mol. The molecule has 0 fully saturated rings. The van der Waals surface area contributed by atoms with Gasteiger partial charge in [0.2, 0.25) is 0 Å². The zero-order valence-corrected chi connectivity index (χ0v) is 12.0. The topological polar surface area (TPSA) is 29.5 Å². The number of hydrogen-bond acceptors (Lipinski definition) is 2. The van der Waals surface area contributed by atoms with Crippen LogP contribution in [0.4, 0.5) is 4.39 Å². The molecule has 0 radical (unpaired) electrons. The van der Waals surface area contributed by atoms with E-state index in [2.05, 4.69) is 15.9 Å². The van der Waals surface area contributed by atoms with Crippen LogP contribution >= 0.6 is 15.9 Å². The van der Waals surface area contributed by atoms with E-state index in [4.69, 9.17) is 4.74 Å². The molecule has 1 unspecified atom stereocenters. The van der Waals surface area contributed by atoms with Crippen molar-refractivity contribution in [2.24, 2.45) is 0 Å². The molecule has 4 heteroatoms. The minimum atomic E-state index is -0.909. The molecule has 2 aromatic carbocycles. The Morgan fingerprint density at radius 2 is 1.95 bits per heavy atom. The van der Waals surface area contributed by atoms with Crippen molar-refractivity contribution in [3.8, 4) is 5.75 Å². The summed E-state index contributed by atoms with van der Waals surface area (Å²) in [5.74, 6) is -0.367. The Bertz CT molecular complexity index is 572. The van der Waals surface area contributed by atoms with Crippen LogP contribution in [0.2, 0.25) is 0 Å². The second-order valence-electron chi connectivity index (χ2n) is 4.17. The van der Waals surface area contributed by atoms with Gasteiger partial charge < -0.3 is 9.84 Å². The third-order valence-electron chi connectivity index (χ3n) is 2.94. The second-order valence-corrected chi connectivity index (χ2v) is 5.03. The molecule has 0 heterocycles. The van der Waals surface area contributed by atoms with Gasteiger partial charge in [-0.3, -0.25) is 0 Å². The molecular formula is C15H14BrFO2. The summed E-state index contributed by atoms with van der Waals surface area (Å²) < 4.78 is 19.8. The van der Waals surface area contributed by atoms with Crippen LogP contribution < -0.4 is 4.74 Å². The maximum atomic E-state index is 14.0. The fourth-order valence-electron chi connectivity index (χ4n) is 1.92. The van der Waals surface area contributed by atoms with Gasteiger partial charge in [0.15, 0.2) is 11.6 Å². The van der Waals surface area contributed by atoms with Gasteiger partial charge in [0.25, 0.3) is 0 Å². The van der Waals surface area contributed by atoms with Gasteiger partial charge in [0, 0.05) is 16.5 Å². The highest BCUT2D eigenvalue weighted by molar-refractivity contribution is 9.10. The summed E-state index contributed by atoms with van der Waals surface area (Å²) in [6.07, 6.45) is -0.570.